The van der Waals surface area contributed by atoms with Gasteiger partial charge in [-0.25, -0.2) is 0 Å². The maximum Gasteiger partial charge on any atom is 0.110 e. The minimum absolute atomic E-state index is 0.0195. The van der Waals surface area contributed by atoms with E-state index in [4.69, 9.17) is 0 Å². The molecule has 2 aliphatic rings. The van der Waals surface area contributed by atoms with E-state index < -0.39 is 0 Å². The molecule has 0 unspecified atom stereocenters. The highest BCUT2D eigenvalue weighted by molar-refractivity contribution is 8.18. The molecule has 0 bridgehead atoms. The molecule has 2 saturated heterocycles. The fraction of sp³-hybridized carbons (Fsp3) is 0.250. The molecule has 1 nitrogen and oxygen atoms in total. The summed E-state index contributed by atoms with van der Waals surface area (Å²) in [5, 5.41) is 3.98. The van der Waals surface area contributed by atoms with Crippen LogP contribution in [0.25, 0.3) is 0 Å². The van der Waals surface area contributed by atoms with Crippen molar-refractivity contribution in [1.29, 1.82) is 0 Å². The maximum atomic E-state index is 3.98. The number of hydrogen-bond donors (Lipinski definition) is 1. The smallest absolute Gasteiger partial charge is 0.110 e. The molecule has 3 aromatic carbocycles. The van der Waals surface area contributed by atoms with E-state index in [1.165, 1.54) is 34.6 Å². The first-order valence-corrected chi connectivity index (χ1v) is 11.6. The number of nitrogens with one attached hydrogen (secondary N) is 1. The molecule has 1 N–H and O–H groups in total. The second kappa shape index (κ2) is 7.05. The van der Waals surface area contributed by atoms with Gasteiger partial charge in [-0.3, -0.25) is 5.32 Å². The third-order valence-corrected chi connectivity index (χ3v) is 9.28. The average molecular weight is 390 g/mol. The molecule has 2 fully saturated rings. The van der Waals surface area contributed by atoms with Gasteiger partial charge in [0.25, 0.3) is 0 Å². The van der Waals surface area contributed by atoms with E-state index in [2.05, 4.69) is 120 Å². The van der Waals surface area contributed by atoms with Crippen LogP contribution in [0.3, 0.4) is 0 Å². The van der Waals surface area contributed by atoms with Crippen molar-refractivity contribution in [2.45, 2.75) is 22.1 Å². The molecule has 0 spiro atoms. The Hall–Kier alpha value is -1.68. The van der Waals surface area contributed by atoms with Crippen LogP contribution >= 0.6 is 23.5 Å². The zero-order valence-electron chi connectivity index (χ0n) is 15.2. The largest absolute Gasteiger partial charge is 0.295 e. The molecule has 0 amide bonds. The molecule has 0 radical (unpaired) electrons. The van der Waals surface area contributed by atoms with E-state index in [-0.39, 0.29) is 9.62 Å². The first kappa shape index (κ1) is 17.4. The summed E-state index contributed by atoms with van der Waals surface area (Å²) in [6.45, 7) is 0. The standard InChI is InChI=1S/C24H23NS2/c1-4-11-19(12-5-1)22-23(25-22,20-13-6-2-7-14-20)24(26-17-10-18-27-24)21-15-8-3-9-16-21/h1-9,11-16,22,25H,10,17-18H2/t22-,23+/m1/s1. The van der Waals surface area contributed by atoms with Crippen molar-refractivity contribution in [3.05, 3.63) is 108 Å². The summed E-state index contributed by atoms with van der Waals surface area (Å²) in [5.41, 5.74) is 4.11. The van der Waals surface area contributed by atoms with Gasteiger partial charge in [-0.1, -0.05) is 91.0 Å². The van der Waals surface area contributed by atoms with Crippen molar-refractivity contribution in [2.24, 2.45) is 0 Å². The molecule has 0 aromatic heterocycles. The van der Waals surface area contributed by atoms with Crippen LogP contribution in [-0.2, 0) is 9.62 Å². The molecule has 0 saturated carbocycles. The van der Waals surface area contributed by atoms with Crippen LogP contribution in [-0.4, -0.2) is 11.5 Å². The highest BCUT2D eigenvalue weighted by atomic mass is 32.2. The third kappa shape index (κ3) is 2.75. The van der Waals surface area contributed by atoms with Crippen LogP contribution in [0, 0.1) is 0 Å². The van der Waals surface area contributed by atoms with Crippen LogP contribution in [0.1, 0.15) is 29.2 Å². The van der Waals surface area contributed by atoms with Crippen molar-refractivity contribution in [1.82, 2.24) is 5.32 Å². The highest BCUT2D eigenvalue weighted by Gasteiger charge is 2.69. The lowest BCUT2D eigenvalue weighted by atomic mass is 9.85. The Balaban J connectivity index is 1.70. The fourth-order valence-electron chi connectivity index (χ4n) is 4.40. The van der Waals surface area contributed by atoms with Crippen LogP contribution < -0.4 is 5.32 Å². The Morgan fingerprint density at radius 1 is 0.667 bits per heavy atom. The third-order valence-electron chi connectivity index (χ3n) is 5.66. The number of hydrogen-bond acceptors (Lipinski definition) is 3. The van der Waals surface area contributed by atoms with Crippen LogP contribution in [0.4, 0.5) is 0 Å². The van der Waals surface area contributed by atoms with Crippen molar-refractivity contribution >= 4 is 23.5 Å². The Morgan fingerprint density at radius 2 is 1.19 bits per heavy atom. The van der Waals surface area contributed by atoms with E-state index >= 15 is 0 Å². The lowest BCUT2D eigenvalue weighted by Crippen LogP contribution is -2.40. The second-order valence-corrected chi connectivity index (χ2v) is 10.1. The molecule has 3 aromatic rings. The zero-order chi connectivity index (χ0) is 18.2. The van der Waals surface area contributed by atoms with Gasteiger partial charge in [0, 0.05) is 0 Å². The van der Waals surface area contributed by atoms with Gasteiger partial charge in [0.15, 0.2) is 0 Å². The zero-order valence-corrected chi connectivity index (χ0v) is 16.8. The summed E-state index contributed by atoms with van der Waals surface area (Å²) < 4.78 is -0.0195. The van der Waals surface area contributed by atoms with Crippen molar-refractivity contribution in [2.75, 3.05) is 11.5 Å². The minimum Gasteiger partial charge on any atom is -0.295 e. The van der Waals surface area contributed by atoms with Crippen molar-refractivity contribution in [3.63, 3.8) is 0 Å². The van der Waals surface area contributed by atoms with Crippen LogP contribution in [0.2, 0.25) is 0 Å². The summed E-state index contributed by atoms with van der Waals surface area (Å²) in [6.07, 6.45) is 1.28. The first-order valence-electron chi connectivity index (χ1n) is 9.58. The van der Waals surface area contributed by atoms with E-state index in [1.807, 2.05) is 0 Å². The first-order chi connectivity index (χ1) is 13.4. The monoisotopic (exact) mass is 389 g/mol. The molecule has 136 valence electrons. The summed E-state index contributed by atoms with van der Waals surface area (Å²) >= 11 is 4.25. The van der Waals surface area contributed by atoms with Gasteiger partial charge in [0.1, 0.15) is 4.08 Å². The van der Waals surface area contributed by atoms with Gasteiger partial charge in [-0.15, -0.1) is 23.5 Å². The fourth-order valence-corrected chi connectivity index (χ4v) is 8.22. The van der Waals surface area contributed by atoms with Crippen LogP contribution in [0.15, 0.2) is 91.0 Å². The quantitative estimate of drug-likeness (QED) is 0.557. The normalized spacial score (nSPS) is 26.4. The number of rotatable bonds is 4. The van der Waals surface area contributed by atoms with E-state index in [0.717, 1.165) is 0 Å². The molecule has 5 rings (SSSR count). The van der Waals surface area contributed by atoms with Gasteiger partial charge in [-0.05, 0) is 34.6 Å². The van der Waals surface area contributed by atoms with Crippen molar-refractivity contribution < 1.29 is 0 Å². The van der Waals surface area contributed by atoms with Crippen LogP contribution in [0.5, 0.6) is 0 Å². The Bertz CT molecular complexity index is 891. The Kier molecular flexibility index (Phi) is 4.55. The van der Waals surface area contributed by atoms with E-state index in [0.29, 0.717) is 6.04 Å². The summed E-state index contributed by atoms with van der Waals surface area (Å²) in [4.78, 5) is 0. The molecule has 2 heterocycles. The highest BCUT2D eigenvalue weighted by Crippen LogP contribution is 2.70. The molecule has 2 atom stereocenters. The van der Waals surface area contributed by atoms with Gasteiger partial charge in [0.2, 0.25) is 0 Å². The lowest BCUT2D eigenvalue weighted by molar-refractivity contribution is 0.584. The summed E-state index contributed by atoms with van der Waals surface area (Å²) in [6, 6.07) is 33.5. The van der Waals surface area contributed by atoms with E-state index in [1.54, 1.807) is 0 Å². The molecule has 3 heteroatoms. The summed E-state index contributed by atoms with van der Waals surface area (Å²) in [7, 11) is 0. The molecule has 2 aliphatic heterocycles. The predicted octanol–water partition coefficient (Wildman–Crippen LogP) is 5.95. The minimum atomic E-state index is -0.0906. The topological polar surface area (TPSA) is 21.9 Å². The molecule has 27 heavy (non-hydrogen) atoms. The molecule has 0 aliphatic carbocycles. The van der Waals surface area contributed by atoms with E-state index in [9.17, 15) is 0 Å². The molecular formula is C24H23NS2. The maximum absolute atomic E-state index is 3.98. The Morgan fingerprint density at radius 3 is 1.78 bits per heavy atom. The SMILES string of the molecule is c1ccc([C@H]2N[C@]2(c2ccccc2)C2(c3ccccc3)SCCCS2)cc1. The second-order valence-electron chi connectivity index (χ2n) is 7.20. The number of thioether (sulfide) groups is 2. The van der Waals surface area contributed by atoms with Crippen molar-refractivity contribution in [3.8, 4) is 0 Å². The predicted molar refractivity (Wildman–Crippen MR) is 118 cm³/mol. The summed E-state index contributed by atoms with van der Waals surface area (Å²) in [5.74, 6) is 2.42. The average Bonchev–Trinajstić information content (AvgIpc) is 3.54. The lowest BCUT2D eigenvalue weighted by Gasteiger charge is -2.43. The van der Waals surface area contributed by atoms with Gasteiger partial charge in [0.05, 0.1) is 11.6 Å². The Labute approximate surface area is 170 Å². The van der Waals surface area contributed by atoms with Gasteiger partial charge >= 0.3 is 0 Å². The van der Waals surface area contributed by atoms with Gasteiger partial charge < -0.3 is 0 Å². The number of benzene rings is 3. The molecular weight excluding hydrogens is 366 g/mol. The van der Waals surface area contributed by atoms with Gasteiger partial charge in [-0.2, -0.15) is 0 Å².